The molecular formula is C33H39Cl2N3O4S2. The van der Waals surface area contributed by atoms with Gasteiger partial charge in [-0.05, 0) is 86.5 Å². The number of halogens is 2. The SMILES string of the molecule is CC[C@H](C(=O)NC1CCCCC1)N(Cc1ccc(Cl)cc1Cl)C(=O)CN(c1ccc(C)cc1)S(=O)(=O)c1ccc(SC)cc1. The predicted octanol–water partition coefficient (Wildman–Crippen LogP) is 7.48. The van der Waals surface area contributed by atoms with Crippen LogP contribution in [0.3, 0.4) is 0 Å². The van der Waals surface area contributed by atoms with Crippen LogP contribution in [0.2, 0.25) is 10.0 Å². The number of carbonyl (C=O) groups excluding carboxylic acids is 2. The molecule has 1 aliphatic carbocycles. The highest BCUT2D eigenvalue weighted by Gasteiger charge is 2.34. The molecule has 3 aromatic carbocycles. The molecule has 0 heterocycles. The summed E-state index contributed by atoms with van der Waals surface area (Å²) in [4.78, 5) is 30.4. The summed E-state index contributed by atoms with van der Waals surface area (Å²) in [6.07, 6.45) is 7.28. The Labute approximate surface area is 275 Å². The van der Waals surface area contributed by atoms with Gasteiger partial charge in [0, 0.05) is 27.5 Å². The minimum atomic E-state index is -4.15. The lowest BCUT2D eigenvalue weighted by Crippen LogP contribution is -2.54. The maximum Gasteiger partial charge on any atom is 0.264 e. The summed E-state index contributed by atoms with van der Waals surface area (Å²) in [7, 11) is -4.15. The van der Waals surface area contributed by atoms with Crippen LogP contribution in [-0.2, 0) is 26.2 Å². The summed E-state index contributed by atoms with van der Waals surface area (Å²) < 4.78 is 29.3. The number of carbonyl (C=O) groups is 2. The van der Waals surface area contributed by atoms with E-state index in [0.717, 1.165) is 46.9 Å². The average molecular weight is 677 g/mol. The van der Waals surface area contributed by atoms with E-state index >= 15 is 0 Å². The number of aryl methyl sites for hydroxylation is 1. The van der Waals surface area contributed by atoms with Crippen LogP contribution < -0.4 is 9.62 Å². The summed E-state index contributed by atoms with van der Waals surface area (Å²) in [5, 5.41) is 3.96. The van der Waals surface area contributed by atoms with Crippen molar-refractivity contribution < 1.29 is 18.0 Å². The lowest BCUT2D eigenvalue weighted by molar-refractivity contribution is -0.140. The first kappa shape index (κ1) is 34.2. The highest BCUT2D eigenvalue weighted by atomic mass is 35.5. The summed E-state index contributed by atoms with van der Waals surface area (Å²) in [6.45, 7) is 3.25. The number of nitrogens with one attached hydrogen (secondary N) is 1. The lowest BCUT2D eigenvalue weighted by Gasteiger charge is -2.34. The second-order valence-electron chi connectivity index (χ2n) is 11.0. The van der Waals surface area contributed by atoms with Crippen LogP contribution in [0.25, 0.3) is 0 Å². The Morgan fingerprint density at radius 1 is 0.977 bits per heavy atom. The number of hydrogen-bond acceptors (Lipinski definition) is 5. The molecule has 44 heavy (non-hydrogen) atoms. The molecule has 0 aliphatic heterocycles. The van der Waals surface area contributed by atoms with Crippen LogP contribution in [0, 0.1) is 6.92 Å². The quantitative estimate of drug-likeness (QED) is 0.201. The second-order valence-corrected chi connectivity index (χ2v) is 14.6. The Bertz CT molecular complexity index is 1540. The smallest absolute Gasteiger partial charge is 0.264 e. The molecule has 0 radical (unpaired) electrons. The maximum absolute atomic E-state index is 14.3. The third-order valence-corrected chi connectivity index (χ3v) is 11.1. The van der Waals surface area contributed by atoms with Crippen LogP contribution in [0.5, 0.6) is 0 Å². The van der Waals surface area contributed by atoms with Gasteiger partial charge in [0.1, 0.15) is 12.6 Å². The van der Waals surface area contributed by atoms with Crippen molar-refractivity contribution in [1.82, 2.24) is 10.2 Å². The molecule has 3 aromatic rings. The van der Waals surface area contributed by atoms with Crippen molar-refractivity contribution in [3.63, 3.8) is 0 Å². The van der Waals surface area contributed by atoms with E-state index in [1.807, 2.05) is 20.1 Å². The molecule has 1 fully saturated rings. The van der Waals surface area contributed by atoms with E-state index < -0.39 is 28.5 Å². The third kappa shape index (κ3) is 8.50. The first-order chi connectivity index (χ1) is 21.0. The van der Waals surface area contributed by atoms with Gasteiger partial charge in [0.05, 0.1) is 10.6 Å². The predicted molar refractivity (Wildman–Crippen MR) is 180 cm³/mol. The van der Waals surface area contributed by atoms with Crippen LogP contribution in [-0.4, -0.2) is 50.0 Å². The Balaban J connectivity index is 1.72. The van der Waals surface area contributed by atoms with Gasteiger partial charge >= 0.3 is 0 Å². The molecule has 1 saturated carbocycles. The summed E-state index contributed by atoms with van der Waals surface area (Å²) >= 11 is 14.2. The van der Waals surface area contributed by atoms with Gasteiger partial charge in [-0.1, -0.05) is 73.2 Å². The zero-order chi connectivity index (χ0) is 31.9. The molecule has 0 bridgehead atoms. The Kier molecular flexibility index (Phi) is 12.0. The molecule has 2 amide bonds. The van der Waals surface area contributed by atoms with Gasteiger partial charge in [0.2, 0.25) is 11.8 Å². The lowest BCUT2D eigenvalue weighted by atomic mass is 9.95. The van der Waals surface area contributed by atoms with E-state index in [9.17, 15) is 18.0 Å². The number of rotatable bonds is 12. The van der Waals surface area contributed by atoms with E-state index in [4.69, 9.17) is 23.2 Å². The summed E-state index contributed by atoms with van der Waals surface area (Å²) in [5.74, 6) is -0.776. The summed E-state index contributed by atoms with van der Waals surface area (Å²) in [5.41, 5.74) is 1.90. The second kappa shape index (κ2) is 15.5. The fourth-order valence-corrected chi connectivity index (χ4v) is 7.70. The highest BCUT2D eigenvalue weighted by molar-refractivity contribution is 7.98. The van der Waals surface area contributed by atoms with Gasteiger partial charge < -0.3 is 10.2 Å². The normalized spacial score (nSPS) is 14.6. The van der Waals surface area contributed by atoms with Crippen molar-refractivity contribution in [2.75, 3.05) is 17.1 Å². The highest BCUT2D eigenvalue weighted by Crippen LogP contribution is 2.28. The fourth-order valence-electron chi connectivity index (χ4n) is 5.41. The molecule has 0 aromatic heterocycles. The topological polar surface area (TPSA) is 86.8 Å². The molecule has 1 atom stereocenters. The van der Waals surface area contributed by atoms with Crippen molar-refractivity contribution in [3.05, 3.63) is 87.9 Å². The first-order valence-corrected chi connectivity index (χ1v) is 18.2. The van der Waals surface area contributed by atoms with Crippen LogP contribution in [0.15, 0.2) is 76.5 Å². The minimum absolute atomic E-state index is 0.00956. The van der Waals surface area contributed by atoms with E-state index in [1.54, 1.807) is 66.7 Å². The Morgan fingerprint density at radius 2 is 1.64 bits per heavy atom. The maximum atomic E-state index is 14.3. The van der Waals surface area contributed by atoms with Crippen molar-refractivity contribution in [1.29, 1.82) is 0 Å². The molecular weight excluding hydrogens is 637 g/mol. The Morgan fingerprint density at radius 3 is 2.23 bits per heavy atom. The molecule has 4 rings (SSSR count). The van der Waals surface area contributed by atoms with Crippen LogP contribution in [0.4, 0.5) is 5.69 Å². The molecule has 0 unspecified atom stereocenters. The van der Waals surface area contributed by atoms with Crippen molar-refractivity contribution >= 4 is 62.5 Å². The summed E-state index contributed by atoms with van der Waals surface area (Å²) in [6, 6.07) is 17.7. The minimum Gasteiger partial charge on any atom is -0.352 e. The largest absolute Gasteiger partial charge is 0.352 e. The van der Waals surface area contributed by atoms with Crippen molar-refractivity contribution in [2.45, 2.75) is 80.8 Å². The standard InChI is InChI=1S/C33H39Cl2N3O4S2/c1-4-31(33(40)36-26-8-6-5-7-9-26)37(21-24-12-13-25(34)20-30(24)35)32(39)22-38(27-14-10-23(2)11-15-27)44(41,42)29-18-16-28(43-3)17-19-29/h10-20,26,31H,4-9,21-22H2,1-3H3,(H,36,40)/t31-/m1/s1. The third-order valence-electron chi connectivity index (χ3n) is 7.94. The zero-order valence-corrected chi connectivity index (χ0v) is 28.4. The zero-order valence-electron chi connectivity index (χ0n) is 25.3. The molecule has 0 saturated heterocycles. The van der Waals surface area contributed by atoms with Gasteiger partial charge in [0.25, 0.3) is 10.0 Å². The van der Waals surface area contributed by atoms with E-state index in [0.29, 0.717) is 27.7 Å². The van der Waals surface area contributed by atoms with E-state index in [-0.39, 0.29) is 23.4 Å². The first-order valence-electron chi connectivity index (χ1n) is 14.8. The number of amides is 2. The van der Waals surface area contributed by atoms with Gasteiger partial charge in [-0.15, -0.1) is 11.8 Å². The molecule has 1 N–H and O–H groups in total. The van der Waals surface area contributed by atoms with Crippen molar-refractivity contribution in [2.24, 2.45) is 0 Å². The number of thioether (sulfide) groups is 1. The average Bonchev–Trinajstić information content (AvgIpc) is 3.01. The van der Waals surface area contributed by atoms with Crippen LogP contribution >= 0.6 is 35.0 Å². The molecule has 1 aliphatic rings. The van der Waals surface area contributed by atoms with Crippen molar-refractivity contribution in [3.8, 4) is 0 Å². The van der Waals surface area contributed by atoms with Gasteiger partial charge in [-0.2, -0.15) is 0 Å². The van der Waals surface area contributed by atoms with Crippen LogP contribution in [0.1, 0.15) is 56.6 Å². The van der Waals surface area contributed by atoms with Gasteiger partial charge in [-0.25, -0.2) is 8.42 Å². The fraction of sp³-hybridized carbons (Fsp3) is 0.394. The van der Waals surface area contributed by atoms with Gasteiger partial charge in [-0.3, -0.25) is 13.9 Å². The number of hydrogen-bond donors (Lipinski definition) is 1. The number of nitrogens with zero attached hydrogens (tertiary/aromatic N) is 2. The Hall–Kier alpha value is -2.72. The molecule has 236 valence electrons. The molecule has 7 nitrogen and oxygen atoms in total. The number of benzene rings is 3. The van der Waals surface area contributed by atoms with E-state index in [1.165, 1.54) is 16.7 Å². The van der Waals surface area contributed by atoms with Gasteiger partial charge in [0.15, 0.2) is 0 Å². The molecule has 0 spiro atoms. The number of sulfonamides is 1. The number of anilines is 1. The molecule has 11 heteroatoms. The monoisotopic (exact) mass is 675 g/mol. The van der Waals surface area contributed by atoms with E-state index in [2.05, 4.69) is 5.32 Å².